The summed E-state index contributed by atoms with van der Waals surface area (Å²) in [6.45, 7) is 2.50. The lowest BCUT2D eigenvalue weighted by Crippen LogP contribution is -2.33. The lowest BCUT2D eigenvalue weighted by atomic mass is 10.2. The number of amides is 2. The van der Waals surface area contributed by atoms with Crippen LogP contribution in [0.2, 0.25) is 0 Å². The number of hydrogen-bond acceptors (Lipinski definition) is 4. The van der Waals surface area contributed by atoms with Crippen LogP contribution in [0.15, 0.2) is 59.1 Å². The number of rotatable bonds is 5. The predicted molar refractivity (Wildman–Crippen MR) is 96.3 cm³/mol. The number of anilines is 1. The number of likely N-dealkylation sites (N-methyl/N-ethyl adjacent to an activating group) is 1. The summed E-state index contributed by atoms with van der Waals surface area (Å²) in [4.78, 5) is 18.2. The van der Waals surface area contributed by atoms with Gasteiger partial charge in [-0.25, -0.2) is 4.79 Å². The first-order valence-corrected chi connectivity index (χ1v) is 8.08. The van der Waals surface area contributed by atoms with Gasteiger partial charge in [0.25, 0.3) is 5.89 Å². The van der Waals surface area contributed by atoms with Crippen molar-refractivity contribution in [3.05, 3.63) is 66.0 Å². The van der Waals surface area contributed by atoms with Gasteiger partial charge in [0.05, 0.1) is 0 Å². The van der Waals surface area contributed by atoms with Crippen molar-refractivity contribution in [2.45, 2.75) is 13.3 Å². The Morgan fingerprint density at radius 2 is 1.84 bits per heavy atom. The van der Waals surface area contributed by atoms with E-state index in [0.717, 1.165) is 16.8 Å². The van der Waals surface area contributed by atoms with Gasteiger partial charge in [-0.1, -0.05) is 41.1 Å². The normalized spacial score (nSPS) is 10.5. The Bertz CT molecular complexity index is 828. The molecule has 1 N–H and O–H groups in total. The molecule has 3 aromatic rings. The zero-order valence-electron chi connectivity index (χ0n) is 14.3. The summed E-state index contributed by atoms with van der Waals surface area (Å²) in [6.07, 6.45) is 0.522. The molecular weight excluding hydrogens is 316 g/mol. The number of aryl methyl sites for hydroxylation is 1. The number of benzene rings is 2. The smallest absolute Gasteiger partial charge is 0.321 e. The molecule has 0 saturated heterocycles. The molecular formula is C19H20N4O2. The van der Waals surface area contributed by atoms with Gasteiger partial charge in [0.15, 0.2) is 5.82 Å². The Balaban J connectivity index is 1.53. The third-order valence-electron chi connectivity index (χ3n) is 3.81. The molecule has 0 aliphatic heterocycles. The summed E-state index contributed by atoms with van der Waals surface area (Å²) < 4.78 is 5.27. The van der Waals surface area contributed by atoms with Gasteiger partial charge in [-0.05, 0) is 31.2 Å². The standard InChI is InChI=1S/C19H20N4O2/c1-14-8-10-16(11-9-14)20-19(24)23(2)13-12-17-21-18(25-22-17)15-6-4-3-5-7-15/h3-11H,12-13H2,1-2H3,(H,20,24). The summed E-state index contributed by atoms with van der Waals surface area (Å²) in [5, 5.41) is 6.83. The molecule has 0 aliphatic rings. The number of hydrogen-bond donors (Lipinski definition) is 1. The van der Waals surface area contributed by atoms with Gasteiger partial charge in [0.1, 0.15) is 0 Å². The lowest BCUT2D eigenvalue weighted by Gasteiger charge is -2.17. The van der Waals surface area contributed by atoms with E-state index in [1.54, 1.807) is 11.9 Å². The SMILES string of the molecule is Cc1ccc(NC(=O)N(C)CCc2noc(-c3ccccc3)n2)cc1. The monoisotopic (exact) mass is 336 g/mol. The highest BCUT2D eigenvalue weighted by Gasteiger charge is 2.12. The second-order valence-electron chi connectivity index (χ2n) is 5.85. The Morgan fingerprint density at radius 1 is 1.12 bits per heavy atom. The molecule has 0 spiro atoms. The number of carbonyl (C=O) groups excluding carboxylic acids is 1. The molecule has 1 heterocycles. The maximum atomic E-state index is 12.2. The number of urea groups is 1. The zero-order valence-corrected chi connectivity index (χ0v) is 14.3. The van der Waals surface area contributed by atoms with Crippen LogP contribution in [-0.4, -0.2) is 34.7 Å². The van der Waals surface area contributed by atoms with Crippen molar-refractivity contribution in [2.75, 3.05) is 18.9 Å². The van der Waals surface area contributed by atoms with Gasteiger partial charge in [0, 0.05) is 31.3 Å². The van der Waals surface area contributed by atoms with Gasteiger partial charge in [-0.3, -0.25) is 0 Å². The fourth-order valence-electron chi connectivity index (χ4n) is 2.28. The van der Waals surface area contributed by atoms with Crippen LogP contribution in [0.5, 0.6) is 0 Å². The molecule has 6 heteroatoms. The highest BCUT2D eigenvalue weighted by molar-refractivity contribution is 5.89. The molecule has 0 radical (unpaired) electrons. The fourth-order valence-corrected chi connectivity index (χ4v) is 2.28. The van der Waals surface area contributed by atoms with Crippen molar-refractivity contribution < 1.29 is 9.32 Å². The molecule has 0 bridgehead atoms. The van der Waals surface area contributed by atoms with Crippen molar-refractivity contribution in [3.8, 4) is 11.5 Å². The maximum absolute atomic E-state index is 12.2. The van der Waals surface area contributed by atoms with Crippen molar-refractivity contribution >= 4 is 11.7 Å². The van der Waals surface area contributed by atoms with E-state index in [1.165, 1.54) is 0 Å². The highest BCUT2D eigenvalue weighted by atomic mass is 16.5. The second kappa shape index (κ2) is 7.61. The van der Waals surface area contributed by atoms with E-state index >= 15 is 0 Å². The topological polar surface area (TPSA) is 71.3 Å². The number of carbonyl (C=O) groups is 1. The first-order chi connectivity index (χ1) is 12.1. The molecule has 0 fully saturated rings. The number of nitrogens with one attached hydrogen (secondary N) is 1. The molecule has 1 aromatic heterocycles. The molecule has 2 aromatic carbocycles. The Labute approximate surface area is 146 Å². The van der Waals surface area contributed by atoms with Crippen LogP contribution < -0.4 is 5.32 Å². The summed E-state index contributed by atoms with van der Waals surface area (Å²) >= 11 is 0. The molecule has 25 heavy (non-hydrogen) atoms. The Hall–Kier alpha value is -3.15. The number of aromatic nitrogens is 2. The van der Waals surface area contributed by atoms with Gasteiger partial charge >= 0.3 is 6.03 Å². The van der Waals surface area contributed by atoms with Gasteiger partial charge in [0.2, 0.25) is 0 Å². The fraction of sp³-hybridized carbons (Fsp3) is 0.211. The second-order valence-corrected chi connectivity index (χ2v) is 5.85. The van der Waals surface area contributed by atoms with E-state index in [0.29, 0.717) is 24.7 Å². The Morgan fingerprint density at radius 3 is 2.56 bits per heavy atom. The minimum Gasteiger partial charge on any atom is -0.334 e. The van der Waals surface area contributed by atoms with Crippen LogP contribution >= 0.6 is 0 Å². The van der Waals surface area contributed by atoms with Crippen LogP contribution in [0, 0.1) is 6.92 Å². The molecule has 3 rings (SSSR count). The minimum atomic E-state index is -0.171. The predicted octanol–water partition coefficient (Wildman–Crippen LogP) is 3.75. The van der Waals surface area contributed by atoms with E-state index < -0.39 is 0 Å². The molecule has 2 amide bonds. The van der Waals surface area contributed by atoms with Crippen LogP contribution in [0.3, 0.4) is 0 Å². The largest absolute Gasteiger partial charge is 0.334 e. The van der Waals surface area contributed by atoms with Crippen molar-refractivity contribution in [1.82, 2.24) is 15.0 Å². The molecule has 0 atom stereocenters. The van der Waals surface area contributed by atoms with Crippen LogP contribution in [0.25, 0.3) is 11.5 Å². The van der Waals surface area contributed by atoms with E-state index in [-0.39, 0.29) is 6.03 Å². The van der Waals surface area contributed by atoms with Crippen molar-refractivity contribution in [2.24, 2.45) is 0 Å². The van der Waals surface area contributed by atoms with Crippen molar-refractivity contribution in [1.29, 1.82) is 0 Å². The van der Waals surface area contributed by atoms with Gasteiger partial charge < -0.3 is 14.7 Å². The van der Waals surface area contributed by atoms with Gasteiger partial charge in [-0.15, -0.1) is 0 Å². The van der Waals surface area contributed by atoms with Crippen molar-refractivity contribution in [3.63, 3.8) is 0 Å². The zero-order chi connectivity index (χ0) is 17.6. The molecule has 0 unspecified atom stereocenters. The summed E-state index contributed by atoms with van der Waals surface area (Å²) in [7, 11) is 1.74. The van der Waals surface area contributed by atoms with Crippen LogP contribution in [0.4, 0.5) is 10.5 Å². The first kappa shape index (κ1) is 16.7. The van der Waals surface area contributed by atoms with E-state index in [9.17, 15) is 4.79 Å². The van der Waals surface area contributed by atoms with E-state index in [2.05, 4.69) is 15.5 Å². The summed E-state index contributed by atoms with van der Waals surface area (Å²) in [5.74, 6) is 1.07. The molecule has 6 nitrogen and oxygen atoms in total. The van der Waals surface area contributed by atoms with Crippen LogP contribution in [-0.2, 0) is 6.42 Å². The minimum absolute atomic E-state index is 0.171. The summed E-state index contributed by atoms with van der Waals surface area (Å²) in [5.41, 5.74) is 2.80. The van der Waals surface area contributed by atoms with Crippen LogP contribution in [0.1, 0.15) is 11.4 Å². The van der Waals surface area contributed by atoms with Gasteiger partial charge in [-0.2, -0.15) is 4.98 Å². The quantitative estimate of drug-likeness (QED) is 0.770. The highest BCUT2D eigenvalue weighted by Crippen LogP contribution is 2.16. The molecule has 0 saturated carbocycles. The van der Waals surface area contributed by atoms with E-state index in [1.807, 2.05) is 61.5 Å². The lowest BCUT2D eigenvalue weighted by molar-refractivity contribution is 0.222. The third-order valence-corrected chi connectivity index (χ3v) is 3.81. The number of nitrogens with zero attached hydrogens (tertiary/aromatic N) is 3. The van der Waals surface area contributed by atoms with E-state index in [4.69, 9.17) is 4.52 Å². The average Bonchev–Trinajstić information content (AvgIpc) is 3.11. The summed E-state index contributed by atoms with van der Waals surface area (Å²) in [6, 6.07) is 17.1. The molecule has 128 valence electrons. The third kappa shape index (κ3) is 4.44. The average molecular weight is 336 g/mol. The first-order valence-electron chi connectivity index (χ1n) is 8.08. The molecule has 0 aliphatic carbocycles. The maximum Gasteiger partial charge on any atom is 0.321 e. The Kier molecular flexibility index (Phi) is 5.09.